The van der Waals surface area contributed by atoms with Gasteiger partial charge in [-0.3, -0.25) is 9.59 Å². The molecule has 6 heteroatoms. The fourth-order valence-corrected chi connectivity index (χ4v) is 2.55. The number of hydrogen-bond acceptors (Lipinski definition) is 5. The minimum atomic E-state index is -0.223. The van der Waals surface area contributed by atoms with E-state index in [4.69, 9.17) is 4.74 Å². The lowest BCUT2D eigenvalue weighted by Gasteiger charge is -2.31. The Kier molecular flexibility index (Phi) is 4.88. The van der Waals surface area contributed by atoms with E-state index in [0.717, 1.165) is 12.8 Å². The molecule has 1 unspecified atom stereocenters. The van der Waals surface area contributed by atoms with Crippen LogP contribution in [0, 0.1) is 19.8 Å². The first-order valence-electron chi connectivity index (χ1n) is 7.29. The first kappa shape index (κ1) is 15.4. The largest absolute Gasteiger partial charge is 0.466 e. The fourth-order valence-electron chi connectivity index (χ4n) is 2.55. The normalized spacial score (nSPS) is 18.4. The second-order valence-corrected chi connectivity index (χ2v) is 5.33. The highest BCUT2D eigenvalue weighted by Crippen LogP contribution is 2.20. The molecule has 0 saturated carbocycles. The van der Waals surface area contributed by atoms with E-state index in [1.165, 1.54) is 0 Å². The first-order chi connectivity index (χ1) is 10.0. The molecule has 2 heterocycles. The monoisotopic (exact) mass is 291 g/mol. The maximum atomic E-state index is 12.6. The van der Waals surface area contributed by atoms with Crippen molar-refractivity contribution in [2.75, 3.05) is 19.7 Å². The summed E-state index contributed by atoms with van der Waals surface area (Å²) in [6, 6.07) is 1.75. The van der Waals surface area contributed by atoms with E-state index in [2.05, 4.69) is 10.2 Å². The molecule has 21 heavy (non-hydrogen) atoms. The van der Waals surface area contributed by atoms with Crippen LogP contribution >= 0.6 is 0 Å². The molecule has 1 atom stereocenters. The van der Waals surface area contributed by atoms with E-state index in [1.807, 2.05) is 0 Å². The second-order valence-electron chi connectivity index (χ2n) is 5.33. The molecule has 6 nitrogen and oxygen atoms in total. The number of esters is 1. The Morgan fingerprint density at radius 2 is 2.14 bits per heavy atom. The third kappa shape index (κ3) is 3.56. The molecule has 1 aromatic rings. The molecule has 1 amide bonds. The zero-order valence-electron chi connectivity index (χ0n) is 12.8. The van der Waals surface area contributed by atoms with E-state index in [9.17, 15) is 9.59 Å². The Hall–Kier alpha value is -1.98. The number of amides is 1. The van der Waals surface area contributed by atoms with E-state index < -0.39 is 0 Å². The third-order valence-corrected chi connectivity index (χ3v) is 3.66. The molecule has 1 fully saturated rings. The van der Waals surface area contributed by atoms with Gasteiger partial charge in [0.05, 0.1) is 29.5 Å². The van der Waals surface area contributed by atoms with E-state index in [1.54, 1.807) is 31.7 Å². The third-order valence-electron chi connectivity index (χ3n) is 3.66. The number of ether oxygens (including phenoxy) is 1. The number of rotatable bonds is 3. The van der Waals surface area contributed by atoms with Gasteiger partial charge in [0.1, 0.15) is 0 Å². The van der Waals surface area contributed by atoms with Crippen LogP contribution in [0.3, 0.4) is 0 Å². The van der Waals surface area contributed by atoms with Gasteiger partial charge in [-0.2, -0.15) is 10.2 Å². The average Bonchev–Trinajstić information content (AvgIpc) is 2.49. The molecule has 0 N–H and O–H groups in total. The summed E-state index contributed by atoms with van der Waals surface area (Å²) < 4.78 is 5.06. The number of aryl methyl sites for hydroxylation is 2. The smallest absolute Gasteiger partial charge is 0.310 e. The van der Waals surface area contributed by atoms with Gasteiger partial charge >= 0.3 is 5.97 Å². The van der Waals surface area contributed by atoms with Gasteiger partial charge in [-0.25, -0.2) is 0 Å². The summed E-state index contributed by atoms with van der Waals surface area (Å²) in [6.07, 6.45) is 1.58. The van der Waals surface area contributed by atoms with Crippen LogP contribution in [0.25, 0.3) is 0 Å². The summed E-state index contributed by atoms with van der Waals surface area (Å²) >= 11 is 0. The molecule has 0 bridgehead atoms. The quantitative estimate of drug-likeness (QED) is 0.789. The Morgan fingerprint density at radius 3 is 2.86 bits per heavy atom. The zero-order valence-corrected chi connectivity index (χ0v) is 12.8. The number of nitrogens with zero attached hydrogens (tertiary/aromatic N) is 3. The predicted octanol–water partition coefficient (Wildman–Crippen LogP) is 1.51. The molecular weight excluding hydrogens is 270 g/mol. The van der Waals surface area contributed by atoms with Crippen molar-refractivity contribution >= 4 is 11.9 Å². The highest BCUT2D eigenvalue weighted by molar-refractivity contribution is 5.95. The van der Waals surface area contributed by atoms with Gasteiger partial charge in [-0.1, -0.05) is 0 Å². The molecule has 0 radical (unpaired) electrons. The van der Waals surface area contributed by atoms with Crippen molar-refractivity contribution in [1.82, 2.24) is 15.1 Å². The number of hydrogen-bond donors (Lipinski definition) is 0. The Labute approximate surface area is 124 Å². The Morgan fingerprint density at radius 1 is 1.38 bits per heavy atom. The van der Waals surface area contributed by atoms with Crippen molar-refractivity contribution in [2.45, 2.75) is 33.6 Å². The molecule has 0 aromatic carbocycles. The van der Waals surface area contributed by atoms with Crippen molar-refractivity contribution in [3.05, 3.63) is 23.0 Å². The lowest BCUT2D eigenvalue weighted by Crippen LogP contribution is -2.43. The standard InChI is InChI=1S/C15H21N3O3/c1-4-21-15(20)12-6-5-7-18(9-12)14(19)13-8-10(2)16-17-11(13)3/h8,12H,4-7,9H2,1-3H3. The van der Waals surface area contributed by atoms with Crippen molar-refractivity contribution in [1.29, 1.82) is 0 Å². The van der Waals surface area contributed by atoms with Gasteiger partial charge in [0.15, 0.2) is 0 Å². The van der Waals surface area contributed by atoms with E-state index in [0.29, 0.717) is 36.6 Å². The number of aromatic nitrogens is 2. The summed E-state index contributed by atoms with van der Waals surface area (Å²) in [5.41, 5.74) is 1.89. The van der Waals surface area contributed by atoms with Crippen LogP contribution in [-0.2, 0) is 9.53 Å². The summed E-state index contributed by atoms with van der Waals surface area (Å²) in [5, 5.41) is 7.93. The molecular formula is C15H21N3O3. The Bertz CT molecular complexity index is 545. The SMILES string of the molecule is CCOC(=O)C1CCCN(C(=O)c2cc(C)nnc2C)C1. The van der Waals surface area contributed by atoms with Gasteiger partial charge < -0.3 is 9.64 Å². The summed E-state index contributed by atoms with van der Waals surface area (Å²) in [5.74, 6) is -0.519. The molecule has 114 valence electrons. The number of likely N-dealkylation sites (tertiary alicyclic amines) is 1. The average molecular weight is 291 g/mol. The molecule has 0 spiro atoms. The van der Waals surface area contributed by atoms with Crippen LogP contribution in [0.5, 0.6) is 0 Å². The summed E-state index contributed by atoms with van der Waals surface area (Å²) in [7, 11) is 0. The van der Waals surface area contributed by atoms with Crippen molar-refractivity contribution in [3.63, 3.8) is 0 Å². The molecule has 1 aliphatic heterocycles. The van der Waals surface area contributed by atoms with Crippen molar-refractivity contribution in [2.24, 2.45) is 5.92 Å². The number of carbonyl (C=O) groups is 2. The molecule has 1 saturated heterocycles. The van der Waals surface area contributed by atoms with E-state index >= 15 is 0 Å². The van der Waals surface area contributed by atoms with Crippen LogP contribution in [0.1, 0.15) is 41.5 Å². The number of carbonyl (C=O) groups excluding carboxylic acids is 2. The molecule has 0 aliphatic carbocycles. The Balaban J connectivity index is 2.12. The van der Waals surface area contributed by atoms with E-state index in [-0.39, 0.29) is 17.8 Å². The molecule has 1 aliphatic rings. The van der Waals surface area contributed by atoms with Gasteiger partial charge in [0.2, 0.25) is 0 Å². The maximum Gasteiger partial charge on any atom is 0.310 e. The van der Waals surface area contributed by atoms with Crippen LogP contribution in [0.15, 0.2) is 6.07 Å². The maximum absolute atomic E-state index is 12.6. The minimum Gasteiger partial charge on any atom is -0.466 e. The van der Waals surface area contributed by atoms with Gasteiger partial charge in [0, 0.05) is 13.1 Å². The summed E-state index contributed by atoms with van der Waals surface area (Å²) in [6.45, 7) is 6.82. The van der Waals surface area contributed by atoms with Crippen molar-refractivity contribution < 1.29 is 14.3 Å². The highest BCUT2D eigenvalue weighted by atomic mass is 16.5. The number of piperidine rings is 1. The molecule has 1 aromatic heterocycles. The van der Waals surface area contributed by atoms with Crippen molar-refractivity contribution in [3.8, 4) is 0 Å². The van der Waals surface area contributed by atoms with Crippen LogP contribution in [0.2, 0.25) is 0 Å². The minimum absolute atomic E-state index is 0.0838. The molecule has 2 rings (SSSR count). The lowest BCUT2D eigenvalue weighted by molar-refractivity contribution is -0.149. The second kappa shape index (κ2) is 6.65. The zero-order chi connectivity index (χ0) is 15.4. The van der Waals surface area contributed by atoms with Crippen LogP contribution < -0.4 is 0 Å². The van der Waals surface area contributed by atoms with Crippen LogP contribution in [0.4, 0.5) is 0 Å². The van der Waals surface area contributed by atoms with Gasteiger partial charge in [0.25, 0.3) is 5.91 Å². The van der Waals surface area contributed by atoms with Gasteiger partial charge in [-0.15, -0.1) is 0 Å². The highest BCUT2D eigenvalue weighted by Gasteiger charge is 2.30. The predicted molar refractivity (Wildman–Crippen MR) is 76.8 cm³/mol. The first-order valence-corrected chi connectivity index (χ1v) is 7.29. The summed E-state index contributed by atoms with van der Waals surface area (Å²) in [4.78, 5) is 26.2. The lowest BCUT2D eigenvalue weighted by atomic mass is 9.97. The van der Waals surface area contributed by atoms with Gasteiger partial charge in [-0.05, 0) is 39.7 Å². The topological polar surface area (TPSA) is 72.4 Å². The van der Waals surface area contributed by atoms with Crippen LogP contribution in [-0.4, -0.2) is 46.7 Å². The fraction of sp³-hybridized carbons (Fsp3) is 0.600.